The molecule has 1 saturated carbocycles. The third-order valence-electron chi connectivity index (χ3n) is 6.20. The van der Waals surface area contributed by atoms with Gasteiger partial charge in [-0.1, -0.05) is 6.92 Å². The van der Waals surface area contributed by atoms with Crippen LogP contribution in [0.2, 0.25) is 0 Å². The minimum atomic E-state index is -0.367. The van der Waals surface area contributed by atoms with Crippen LogP contribution in [0.25, 0.3) is 0 Å². The van der Waals surface area contributed by atoms with Gasteiger partial charge in [0.05, 0.1) is 48.8 Å². The Kier molecular flexibility index (Phi) is 6.20. The molecular formula is C23H30O6. The number of carbonyl (C=O) groups excluding carboxylic acids is 2. The molecule has 6 heteroatoms. The lowest BCUT2D eigenvalue weighted by molar-refractivity contribution is 0.0410. The molecule has 3 aliphatic rings. The van der Waals surface area contributed by atoms with Crippen LogP contribution in [-0.4, -0.2) is 49.6 Å². The minimum absolute atomic E-state index is 0.292. The molecule has 0 radical (unpaired) electrons. The average molecular weight is 402 g/mol. The van der Waals surface area contributed by atoms with Gasteiger partial charge in [0.1, 0.15) is 0 Å². The number of ether oxygens (including phenoxy) is 4. The largest absolute Gasteiger partial charge is 0.462 e. The summed E-state index contributed by atoms with van der Waals surface area (Å²) in [5, 5.41) is 0. The minimum Gasteiger partial charge on any atom is -0.462 e. The van der Waals surface area contributed by atoms with Crippen LogP contribution in [0.3, 0.4) is 0 Å². The maximum Gasteiger partial charge on any atom is 0.338 e. The van der Waals surface area contributed by atoms with Crippen molar-refractivity contribution in [2.45, 2.75) is 70.4 Å². The number of esters is 2. The van der Waals surface area contributed by atoms with E-state index in [1.807, 2.05) is 0 Å². The van der Waals surface area contributed by atoms with Crippen LogP contribution in [0, 0.1) is 11.8 Å². The molecule has 0 bridgehead atoms. The number of carbonyl (C=O) groups is 2. The van der Waals surface area contributed by atoms with Crippen molar-refractivity contribution in [2.75, 3.05) is 13.2 Å². The van der Waals surface area contributed by atoms with Gasteiger partial charge >= 0.3 is 11.9 Å². The zero-order valence-corrected chi connectivity index (χ0v) is 17.2. The van der Waals surface area contributed by atoms with Crippen molar-refractivity contribution in [2.24, 2.45) is 11.8 Å². The van der Waals surface area contributed by atoms with Gasteiger partial charge < -0.3 is 18.9 Å². The second-order valence-electron chi connectivity index (χ2n) is 8.73. The van der Waals surface area contributed by atoms with Gasteiger partial charge in [0.25, 0.3) is 0 Å². The zero-order chi connectivity index (χ0) is 20.4. The van der Waals surface area contributed by atoms with Crippen molar-refractivity contribution in [3.8, 4) is 0 Å². The Balaban J connectivity index is 1.17. The quantitative estimate of drug-likeness (QED) is 0.462. The molecule has 2 saturated heterocycles. The van der Waals surface area contributed by atoms with Crippen LogP contribution in [0.1, 0.15) is 66.7 Å². The SMILES string of the molecule is CC(CCC1OC1C)COC(=O)c1ccc(C(=O)OCC2CCC3OC3C2)cc1. The molecule has 0 spiro atoms. The molecular weight excluding hydrogens is 372 g/mol. The fourth-order valence-electron chi connectivity index (χ4n) is 4.02. The summed E-state index contributed by atoms with van der Waals surface area (Å²) < 4.78 is 21.8. The van der Waals surface area contributed by atoms with E-state index in [1.165, 1.54) is 0 Å². The summed E-state index contributed by atoms with van der Waals surface area (Å²) in [6, 6.07) is 6.48. The molecule has 0 amide bonds. The number of benzene rings is 1. The highest BCUT2D eigenvalue weighted by molar-refractivity contribution is 5.93. The lowest BCUT2D eigenvalue weighted by Gasteiger charge is -2.18. The topological polar surface area (TPSA) is 77.7 Å². The van der Waals surface area contributed by atoms with E-state index in [0.717, 1.165) is 32.1 Å². The second kappa shape index (κ2) is 8.84. The van der Waals surface area contributed by atoms with Gasteiger partial charge in [0.15, 0.2) is 0 Å². The molecule has 1 aromatic rings. The smallest absolute Gasteiger partial charge is 0.338 e. The van der Waals surface area contributed by atoms with E-state index in [0.29, 0.717) is 60.6 Å². The molecule has 0 N–H and O–H groups in total. The van der Waals surface area contributed by atoms with Crippen molar-refractivity contribution in [3.05, 3.63) is 35.4 Å². The number of epoxide rings is 2. The van der Waals surface area contributed by atoms with E-state index in [2.05, 4.69) is 13.8 Å². The molecule has 158 valence electrons. The molecule has 6 atom stereocenters. The molecule has 2 aliphatic heterocycles. The van der Waals surface area contributed by atoms with E-state index < -0.39 is 0 Å². The number of hydrogen-bond donors (Lipinski definition) is 0. The summed E-state index contributed by atoms with van der Waals surface area (Å²) in [6.07, 6.45) is 6.65. The molecule has 3 fully saturated rings. The van der Waals surface area contributed by atoms with Gasteiger partial charge in [-0.25, -0.2) is 9.59 Å². The standard InChI is InChI=1S/C23H30O6/c1-14(3-9-19-15(2)28-19)12-26-22(24)17-5-7-18(8-6-17)23(25)27-13-16-4-10-20-21(11-16)29-20/h5-8,14-16,19-21H,3-4,9-13H2,1-2H3. The predicted octanol–water partition coefficient (Wildman–Crippen LogP) is 3.77. The zero-order valence-electron chi connectivity index (χ0n) is 17.2. The van der Waals surface area contributed by atoms with Crippen LogP contribution in [0.5, 0.6) is 0 Å². The summed E-state index contributed by atoms with van der Waals surface area (Å²) in [5.74, 6) is -0.0442. The van der Waals surface area contributed by atoms with Crippen LogP contribution in [0.4, 0.5) is 0 Å². The van der Waals surface area contributed by atoms with Crippen LogP contribution in [-0.2, 0) is 18.9 Å². The Bertz CT molecular complexity index is 729. The molecule has 1 aromatic carbocycles. The summed E-state index contributed by atoms with van der Waals surface area (Å²) in [7, 11) is 0. The van der Waals surface area contributed by atoms with Crippen molar-refractivity contribution in [1.82, 2.24) is 0 Å². The Labute approximate surface area is 171 Å². The summed E-state index contributed by atoms with van der Waals surface area (Å²) in [6.45, 7) is 4.96. The maximum absolute atomic E-state index is 12.3. The molecule has 1 aliphatic carbocycles. The first-order valence-corrected chi connectivity index (χ1v) is 10.7. The first-order valence-electron chi connectivity index (χ1n) is 10.7. The van der Waals surface area contributed by atoms with E-state index in [4.69, 9.17) is 18.9 Å². The van der Waals surface area contributed by atoms with Crippen molar-refractivity contribution in [3.63, 3.8) is 0 Å². The molecule has 6 unspecified atom stereocenters. The predicted molar refractivity (Wildman–Crippen MR) is 106 cm³/mol. The van der Waals surface area contributed by atoms with Crippen molar-refractivity contribution >= 4 is 11.9 Å². The first kappa shape index (κ1) is 20.4. The van der Waals surface area contributed by atoms with Gasteiger partial charge in [-0.15, -0.1) is 0 Å². The highest BCUT2D eigenvalue weighted by Gasteiger charge is 2.44. The first-order chi connectivity index (χ1) is 14.0. The van der Waals surface area contributed by atoms with Gasteiger partial charge in [-0.2, -0.15) is 0 Å². The van der Waals surface area contributed by atoms with Gasteiger partial charge in [-0.3, -0.25) is 0 Å². The summed E-state index contributed by atoms with van der Waals surface area (Å²) >= 11 is 0. The lowest BCUT2D eigenvalue weighted by Crippen LogP contribution is -2.20. The Morgan fingerprint density at radius 1 is 1.03 bits per heavy atom. The van der Waals surface area contributed by atoms with E-state index in [-0.39, 0.29) is 11.9 Å². The van der Waals surface area contributed by atoms with Crippen molar-refractivity contribution in [1.29, 1.82) is 0 Å². The maximum atomic E-state index is 12.3. The van der Waals surface area contributed by atoms with Gasteiger partial charge in [0, 0.05) is 0 Å². The van der Waals surface area contributed by atoms with Crippen LogP contribution >= 0.6 is 0 Å². The lowest BCUT2D eigenvalue weighted by atomic mass is 9.90. The van der Waals surface area contributed by atoms with E-state index in [1.54, 1.807) is 24.3 Å². The Hall–Kier alpha value is -1.92. The molecule has 0 aromatic heterocycles. The van der Waals surface area contributed by atoms with Gasteiger partial charge in [0.2, 0.25) is 0 Å². The van der Waals surface area contributed by atoms with Gasteiger partial charge in [-0.05, 0) is 75.1 Å². The normalized spacial score (nSPS) is 30.8. The van der Waals surface area contributed by atoms with E-state index in [9.17, 15) is 9.59 Å². The van der Waals surface area contributed by atoms with Crippen LogP contribution < -0.4 is 0 Å². The van der Waals surface area contributed by atoms with E-state index >= 15 is 0 Å². The molecule has 29 heavy (non-hydrogen) atoms. The summed E-state index contributed by atoms with van der Waals surface area (Å²) in [5.41, 5.74) is 0.891. The Morgan fingerprint density at radius 3 is 2.31 bits per heavy atom. The highest BCUT2D eigenvalue weighted by Crippen LogP contribution is 2.39. The third kappa shape index (κ3) is 5.58. The second-order valence-corrected chi connectivity index (χ2v) is 8.73. The number of rotatable bonds is 9. The van der Waals surface area contributed by atoms with Crippen LogP contribution in [0.15, 0.2) is 24.3 Å². The number of fused-ring (bicyclic) bond motifs is 1. The monoisotopic (exact) mass is 402 g/mol. The fraction of sp³-hybridized carbons (Fsp3) is 0.652. The fourth-order valence-corrected chi connectivity index (χ4v) is 4.02. The highest BCUT2D eigenvalue weighted by atomic mass is 16.6. The third-order valence-corrected chi connectivity index (χ3v) is 6.20. The molecule has 4 rings (SSSR count). The number of hydrogen-bond acceptors (Lipinski definition) is 6. The average Bonchev–Trinajstić information content (AvgIpc) is 3.65. The van der Waals surface area contributed by atoms with Crippen molar-refractivity contribution < 1.29 is 28.5 Å². The summed E-state index contributed by atoms with van der Waals surface area (Å²) in [4.78, 5) is 24.5. The molecule has 6 nitrogen and oxygen atoms in total. The molecule has 2 heterocycles. The Morgan fingerprint density at radius 2 is 1.69 bits per heavy atom.